The number of imidazole rings is 1. The maximum atomic E-state index is 9.36. The lowest BCUT2D eigenvalue weighted by Gasteiger charge is -2.08. The first-order valence-corrected chi connectivity index (χ1v) is 4.78. The SMILES string of the molecule is Cc1nc2ccccc2n1C[C@@H](C)O. The summed E-state index contributed by atoms with van der Waals surface area (Å²) in [5, 5.41) is 9.36. The van der Waals surface area contributed by atoms with Crippen LogP contribution < -0.4 is 0 Å². The second kappa shape index (κ2) is 3.42. The summed E-state index contributed by atoms with van der Waals surface area (Å²) in [5.41, 5.74) is 2.08. The molecule has 0 amide bonds. The second-order valence-electron chi connectivity index (χ2n) is 3.61. The molecule has 0 saturated heterocycles. The van der Waals surface area contributed by atoms with Crippen LogP contribution in [-0.2, 0) is 6.54 Å². The van der Waals surface area contributed by atoms with Crippen molar-refractivity contribution in [3.63, 3.8) is 0 Å². The van der Waals surface area contributed by atoms with Gasteiger partial charge in [0.1, 0.15) is 5.82 Å². The first kappa shape index (κ1) is 9.21. The third-order valence-electron chi connectivity index (χ3n) is 2.29. The summed E-state index contributed by atoms with van der Waals surface area (Å²) < 4.78 is 2.04. The molecule has 2 aromatic rings. The van der Waals surface area contributed by atoms with Crippen molar-refractivity contribution in [3.05, 3.63) is 30.1 Å². The molecule has 0 aliphatic carbocycles. The fraction of sp³-hybridized carbons (Fsp3) is 0.364. The van der Waals surface area contributed by atoms with Crippen molar-refractivity contribution < 1.29 is 5.11 Å². The minimum Gasteiger partial charge on any atom is -0.392 e. The van der Waals surface area contributed by atoms with Gasteiger partial charge in [0.15, 0.2) is 0 Å². The van der Waals surface area contributed by atoms with E-state index >= 15 is 0 Å². The molecular formula is C11H14N2O. The van der Waals surface area contributed by atoms with Gasteiger partial charge in [0.05, 0.1) is 23.7 Å². The number of nitrogens with zero attached hydrogens (tertiary/aromatic N) is 2. The highest BCUT2D eigenvalue weighted by molar-refractivity contribution is 5.75. The zero-order valence-corrected chi connectivity index (χ0v) is 8.44. The van der Waals surface area contributed by atoms with Crippen molar-refractivity contribution in [3.8, 4) is 0 Å². The number of rotatable bonds is 2. The molecule has 1 N–H and O–H groups in total. The molecule has 0 saturated carbocycles. The zero-order chi connectivity index (χ0) is 10.1. The number of aryl methyl sites for hydroxylation is 1. The number of para-hydroxylation sites is 2. The van der Waals surface area contributed by atoms with Gasteiger partial charge >= 0.3 is 0 Å². The standard InChI is InChI=1S/C11H14N2O/c1-8(14)7-13-9(2)12-10-5-3-4-6-11(10)13/h3-6,8,14H,7H2,1-2H3/t8-/m1/s1. The number of aliphatic hydroxyl groups excluding tert-OH is 1. The molecule has 3 heteroatoms. The van der Waals surface area contributed by atoms with Crippen molar-refractivity contribution in [2.45, 2.75) is 26.5 Å². The van der Waals surface area contributed by atoms with E-state index < -0.39 is 0 Å². The molecule has 1 aromatic carbocycles. The minimum absolute atomic E-state index is 0.341. The van der Waals surface area contributed by atoms with Crippen molar-refractivity contribution >= 4 is 11.0 Å². The molecule has 14 heavy (non-hydrogen) atoms. The fourth-order valence-corrected chi connectivity index (χ4v) is 1.69. The van der Waals surface area contributed by atoms with E-state index in [-0.39, 0.29) is 6.10 Å². The van der Waals surface area contributed by atoms with Gasteiger partial charge in [-0.3, -0.25) is 0 Å². The molecule has 0 bridgehead atoms. The Morgan fingerprint density at radius 1 is 1.43 bits per heavy atom. The number of aromatic nitrogens is 2. The van der Waals surface area contributed by atoms with Gasteiger partial charge in [-0.2, -0.15) is 0 Å². The van der Waals surface area contributed by atoms with Crippen LogP contribution in [-0.4, -0.2) is 20.8 Å². The van der Waals surface area contributed by atoms with Crippen molar-refractivity contribution in [1.82, 2.24) is 9.55 Å². The third-order valence-corrected chi connectivity index (χ3v) is 2.29. The fourth-order valence-electron chi connectivity index (χ4n) is 1.69. The first-order chi connectivity index (χ1) is 6.68. The molecule has 0 unspecified atom stereocenters. The lowest BCUT2D eigenvalue weighted by atomic mass is 10.3. The minimum atomic E-state index is -0.341. The van der Waals surface area contributed by atoms with Crippen LogP contribution in [0.25, 0.3) is 11.0 Å². The number of fused-ring (bicyclic) bond motifs is 1. The van der Waals surface area contributed by atoms with Gasteiger partial charge in [0.25, 0.3) is 0 Å². The third kappa shape index (κ3) is 1.51. The van der Waals surface area contributed by atoms with E-state index in [0.29, 0.717) is 6.54 Å². The van der Waals surface area contributed by atoms with Crippen LogP contribution in [0.15, 0.2) is 24.3 Å². The average molecular weight is 190 g/mol. The first-order valence-electron chi connectivity index (χ1n) is 4.78. The molecule has 1 atom stereocenters. The Hall–Kier alpha value is -1.35. The zero-order valence-electron chi connectivity index (χ0n) is 8.44. The van der Waals surface area contributed by atoms with Crippen molar-refractivity contribution in [2.75, 3.05) is 0 Å². The molecule has 3 nitrogen and oxygen atoms in total. The Kier molecular flexibility index (Phi) is 2.25. The van der Waals surface area contributed by atoms with Crippen LogP contribution in [0, 0.1) is 6.92 Å². The molecule has 0 spiro atoms. The van der Waals surface area contributed by atoms with E-state index in [9.17, 15) is 5.11 Å². The molecule has 0 radical (unpaired) electrons. The smallest absolute Gasteiger partial charge is 0.106 e. The Morgan fingerprint density at radius 3 is 2.86 bits per heavy atom. The number of hydrogen-bond acceptors (Lipinski definition) is 2. The molecule has 0 aliphatic heterocycles. The predicted octanol–water partition coefficient (Wildman–Crippen LogP) is 1.73. The van der Waals surface area contributed by atoms with E-state index in [1.165, 1.54) is 0 Å². The van der Waals surface area contributed by atoms with Crippen LogP contribution in [0.4, 0.5) is 0 Å². The van der Waals surface area contributed by atoms with Gasteiger partial charge in [-0.1, -0.05) is 12.1 Å². The Bertz CT molecular complexity index is 445. The molecule has 1 heterocycles. The van der Waals surface area contributed by atoms with Gasteiger partial charge in [-0.15, -0.1) is 0 Å². The Labute approximate surface area is 83.0 Å². The highest BCUT2D eigenvalue weighted by Gasteiger charge is 2.07. The number of aliphatic hydroxyl groups is 1. The normalized spacial score (nSPS) is 13.4. The molecular weight excluding hydrogens is 176 g/mol. The van der Waals surface area contributed by atoms with Crippen LogP contribution in [0.1, 0.15) is 12.7 Å². The van der Waals surface area contributed by atoms with Crippen LogP contribution in [0.3, 0.4) is 0 Å². The van der Waals surface area contributed by atoms with Crippen LogP contribution in [0.2, 0.25) is 0 Å². The lowest BCUT2D eigenvalue weighted by molar-refractivity contribution is 0.174. The van der Waals surface area contributed by atoms with Crippen molar-refractivity contribution in [2.24, 2.45) is 0 Å². The summed E-state index contributed by atoms with van der Waals surface area (Å²) in [4.78, 5) is 4.42. The maximum absolute atomic E-state index is 9.36. The van der Waals surface area contributed by atoms with E-state index in [1.54, 1.807) is 6.92 Å². The van der Waals surface area contributed by atoms with Crippen molar-refractivity contribution in [1.29, 1.82) is 0 Å². The quantitative estimate of drug-likeness (QED) is 0.783. The lowest BCUT2D eigenvalue weighted by Crippen LogP contribution is -2.12. The highest BCUT2D eigenvalue weighted by atomic mass is 16.3. The second-order valence-corrected chi connectivity index (χ2v) is 3.61. The largest absolute Gasteiger partial charge is 0.392 e. The Balaban J connectivity index is 2.56. The predicted molar refractivity (Wildman–Crippen MR) is 56.2 cm³/mol. The van der Waals surface area contributed by atoms with Gasteiger partial charge in [-0.25, -0.2) is 4.98 Å². The molecule has 0 aliphatic rings. The number of hydrogen-bond donors (Lipinski definition) is 1. The molecule has 1 aromatic heterocycles. The van der Waals surface area contributed by atoms with E-state index in [4.69, 9.17) is 0 Å². The van der Waals surface area contributed by atoms with E-state index in [1.807, 2.05) is 35.8 Å². The van der Waals surface area contributed by atoms with Crippen LogP contribution in [0.5, 0.6) is 0 Å². The van der Waals surface area contributed by atoms with Gasteiger partial charge in [0, 0.05) is 0 Å². The number of benzene rings is 1. The summed E-state index contributed by atoms with van der Waals surface area (Å²) >= 11 is 0. The Morgan fingerprint density at radius 2 is 2.14 bits per heavy atom. The van der Waals surface area contributed by atoms with Crippen LogP contribution >= 0.6 is 0 Å². The summed E-state index contributed by atoms with van der Waals surface area (Å²) in [6, 6.07) is 7.97. The van der Waals surface area contributed by atoms with E-state index in [0.717, 1.165) is 16.9 Å². The van der Waals surface area contributed by atoms with Gasteiger partial charge < -0.3 is 9.67 Å². The molecule has 74 valence electrons. The van der Waals surface area contributed by atoms with E-state index in [2.05, 4.69) is 4.98 Å². The highest BCUT2D eigenvalue weighted by Crippen LogP contribution is 2.15. The summed E-state index contributed by atoms with van der Waals surface area (Å²) in [5.74, 6) is 0.951. The summed E-state index contributed by atoms with van der Waals surface area (Å²) in [7, 11) is 0. The van der Waals surface area contributed by atoms with Gasteiger partial charge in [-0.05, 0) is 26.0 Å². The monoisotopic (exact) mass is 190 g/mol. The summed E-state index contributed by atoms with van der Waals surface area (Å²) in [6.45, 7) is 4.35. The average Bonchev–Trinajstić information content (AvgIpc) is 2.43. The topological polar surface area (TPSA) is 38.0 Å². The molecule has 2 rings (SSSR count). The summed E-state index contributed by atoms with van der Waals surface area (Å²) in [6.07, 6.45) is -0.341. The van der Waals surface area contributed by atoms with Gasteiger partial charge in [0.2, 0.25) is 0 Å². The molecule has 0 fully saturated rings. The maximum Gasteiger partial charge on any atom is 0.106 e.